The van der Waals surface area contributed by atoms with Crippen LogP contribution >= 0.6 is 11.6 Å². The van der Waals surface area contributed by atoms with Gasteiger partial charge in [0.25, 0.3) is 5.91 Å². The fourth-order valence-corrected chi connectivity index (χ4v) is 2.18. The Morgan fingerprint density at radius 2 is 1.91 bits per heavy atom. The minimum absolute atomic E-state index is 0.334. The predicted octanol–water partition coefficient (Wildman–Crippen LogP) is 3.51. The van der Waals surface area contributed by atoms with Crippen molar-refractivity contribution in [2.75, 3.05) is 14.2 Å². The van der Waals surface area contributed by atoms with E-state index in [1.54, 1.807) is 57.5 Å². The number of hydrogen-bond acceptors (Lipinski definition) is 4. The molecule has 0 heterocycles. The summed E-state index contributed by atoms with van der Waals surface area (Å²) >= 11 is 5.87. The lowest BCUT2D eigenvalue weighted by molar-refractivity contribution is 0.0955. The number of ether oxygens (including phenoxy) is 2. The van der Waals surface area contributed by atoms with Crippen LogP contribution in [0.2, 0.25) is 5.02 Å². The topological polar surface area (TPSA) is 59.9 Å². The molecular weight excluding hydrogens is 316 g/mol. The van der Waals surface area contributed by atoms with Crippen molar-refractivity contribution >= 4 is 23.2 Å². The lowest BCUT2D eigenvalue weighted by Crippen LogP contribution is -2.19. The van der Waals surface area contributed by atoms with E-state index >= 15 is 0 Å². The Balaban J connectivity index is 2.18. The molecule has 0 spiro atoms. The highest BCUT2D eigenvalue weighted by Gasteiger charge is 2.09. The summed E-state index contributed by atoms with van der Waals surface area (Å²) in [7, 11) is 3.15. The summed E-state index contributed by atoms with van der Waals surface area (Å²) in [6.07, 6.45) is 0. The van der Waals surface area contributed by atoms with Gasteiger partial charge in [0.1, 0.15) is 11.5 Å². The van der Waals surface area contributed by atoms with Crippen molar-refractivity contribution in [2.45, 2.75) is 6.92 Å². The number of methoxy groups -OCH3 is 2. The van der Waals surface area contributed by atoms with E-state index < -0.39 is 0 Å². The summed E-state index contributed by atoms with van der Waals surface area (Å²) < 4.78 is 10.5. The molecule has 0 saturated carbocycles. The van der Waals surface area contributed by atoms with Crippen molar-refractivity contribution in [1.82, 2.24) is 5.43 Å². The van der Waals surface area contributed by atoms with Crippen LogP contribution in [0.5, 0.6) is 11.5 Å². The van der Waals surface area contributed by atoms with Crippen LogP contribution in [0.15, 0.2) is 47.6 Å². The Hall–Kier alpha value is -2.53. The van der Waals surface area contributed by atoms with E-state index in [9.17, 15) is 4.79 Å². The number of nitrogens with one attached hydrogen (secondary N) is 1. The molecule has 23 heavy (non-hydrogen) atoms. The number of hydrazone groups is 1. The number of rotatable bonds is 5. The van der Waals surface area contributed by atoms with E-state index in [1.165, 1.54) is 0 Å². The van der Waals surface area contributed by atoms with E-state index in [4.69, 9.17) is 21.1 Å². The molecule has 0 aromatic heterocycles. The van der Waals surface area contributed by atoms with Gasteiger partial charge in [-0.15, -0.1) is 0 Å². The number of amides is 1. The number of carbonyl (C=O) groups excluding carboxylic acids is 1. The standard InChI is InChI=1S/C17H17ClN2O3/c1-11(15-8-7-14(22-2)10-16(15)23-3)19-20-17(21)12-5-4-6-13(18)9-12/h4-10H,1-3H3,(H,20,21)/b19-11+. The molecule has 0 saturated heterocycles. The first-order valence-corrected chi connectivity index (χ1v) is 7.25. The van der Waals surface area contributed by atoms with E-state index in [1.807, 2.05) is 6.07 Å². The molecular formula is C17H17ClN2O3. The van der Waals surface area contributed by atoms with Crippen LogP contribution in [0.4, 0.5) is 0 Å². The third-order valence-electron chi connectivity index (χ3n) is 3.21. The number of benzene rings is 2. The summed E-state index contributed by atoms with van der Waals surface area (Å²) in [6, 6.07) is 12.0. The molecule has 2 aromatic carbocycles. The summed E-state index contributed by atoms with van der Waals surface area (Å²) in [5.41, 5.74) is 4.32. The fraction of sp³-hybridized carbons (Fsp3) is 0.176. The Kier molecular flexibility index (Phi) is 5.60. The Morgan fingerprint density at radius 3 is 2.57 bits per heavy atom. The summed E-state index contributed by atoms with van der Waals surface area (Å²) in [5.74, 6) is 0.961. The Labute approximate surface area is 139 Å². The molecule has 0 unspecified atom stereocenters. The van der Waals surface area contributed by atoms with Crippen LogP contribution in [0.1, 0.15) is 22.8 Å². The predicted molar refractivity (Wildman–Crippen MR) is 90.7 cm³/mol. The number of nitrogens with zero attached hydrogens (tertiary/aromatic N) is 1. The van der Waals surface area contributed by atoms with Gasteiger partial charge in [-0.1, -0.05) is 17.7 Å². The molecule has 0 aliphatic rings. The van der Waals surface area contributed by atoms with Crippen molar-refractivity contribution in [3.05, 3.63) is 58.6 Å². The van der Waals surface area contributed by atoms with Gasteiger partial charge in [0, 0.05) is 22.2 Å². The first-order valence-electron chi connectivity index (χ1n) is 6.87. The van der Waals surface area contributed by atoms with Crippen LogP contribution in [0.25, 0.3) is 0 Å². The van der Waals surface area contributed by atoms with Crippen molar-refractivity contribution in [1.29, 1.82) is 0 Å². The molecule has 0 bridgehead atoms. The maximum absolute atomic E-state index is 12.1. The van der Waals surface area contributed by atoms with Crippen LogP contribution in [0, 0.1) is 0 Å². The summed E-state index contributed by atoms with van der Waals surface area (Å²) in [5, 5.41) is 4.61. The largest absolute Gasteiger partial charge is 0.497 e. The van der Waals surface area contributed by atoms with E-state index in [0.717, 1.165) is 5.56 Å². The fourth-order valence-electron chi connectivity index (χ4n) is 1.99. The summed E-state index contributed by atoms with van der Waals surface area (Å²) in [6.45, 7) is 1.78. The van der Waals surface area contributed by atoms with Gasteiger partial charge in [0.15, 0.2) is 0 Å². The van der Waals surface area contributed by atoms with Crippen LogP contribution < -0.4 is 14.9 Å². The molecule has 1 N–H and O–H groups in total. The van der Waals surface area contributed by atoms with Gasteiger partial charge >= 0.3 is 0 Å². The molecule has 6 heteroatoms. The molecule has 2 rings (SSSR count). The highest BCUT2D eigenvalue weighted by Crippen LogP contribution is 2.25. The maximum atomic E-state index is 12.1. The zero-order valence-corrected chi connectivity index (χ0v) is 13.8. The van der Waals surface area contributed by atoms with Gasteiger partial charge in [-0.25, -0.2) is 5.43 Å². The van der Waals surface area contributed by atoms with E-state index in [0.29, 0.717) is 27.8 Å². The minimum Gasteiger partial charge on any atom is -0.497 e. The van der Waals surface area contributed by atoms with Gasteiger partial charge in [-0.2, -0.15) is 5.10 Å². The molecule has 1 amide bonds. The zero-order valence-electron chi connectivity index (χ0n) is 13.1. The van der Waals surface area contributed by atoms with Crippen molar-refractivity contribution in [2.24, 2.45) is 5.10 Å². The Bertz CT molecular complexity index is 744. The lowest BCUT2D eigenvalue weighted by atomic mass is 10.1. The summed E-state index contributed by atoms with van der Waals surface area (Å²) in [4.78, 5) is 12.1. The molecule has 0 radical (unpaired) electrons. The first kappa shape index (κ1) is 16.8. The first-order chi connectivity index (χ1) is 11.0. The average molecular weight is 333 g/mol. The molecule has 0 atom stereocenters. The number of hydrogen-bond donors (Lipinski definition) is 1. The second-order valence-corrected chi connectivity index (χ2v) is 5.15. The molecule has 2 aromatic rings. The monoisotopic (exact) mass is 332 g/mol. The SMILES string of the molecule is COc1ccc(/C(C)=N/NC(=O)c2cccc(Cl)c2)c(OC)c1. The second-order valence-electron chi connectivity index (χ2n) is 4.71. The lowest BCUT2D eigenvalue weighted by Gasteiger charge is -2.10. The smallest absolute Gasteiger partial charge is 0.271 e. The quantitative estimate of drug-likeness (QED) is 0.673. The molecule has 0 aliphatic carbocycles. The van der Waals surface area contributed by atoms with Crippen molar-refractivity contribution in [3.8, 4) is 11.5 Å². The molecule has 5 nitrogen and oxygen atoms in total. The third-order valence-corrected chi connectivity index (χ3v) is 3.45. The zero-order chi connectivity index (χ0) is 16.8. The molecule has 0 fully saturated rings. The molecule has 0 aliphatic heterocycles. The second kappa shape index (κ2) is 7.65. The maximum Gasteiger partial charge on any atom is 0.271 e. The highest BCUT2D eigenvalue weighted by atomic mass is 35.5. The number of halogens is 1. The minimum atomic E-state index is -0.334. The van der Waals surface area contributed by atoms with Gasteiger partial charge in [-0.05, 0) is 37.3 Å². The third kappa shape index (κ3) is 4.23. The van der Waals surface area contributed by atoms with Crippen molar-refractivity contribution in [3.63, 3.8) is 0 Å². The van der Waals surface area contributed by atoms with Crippen LogP contribution in [0.3, 0.4) is 0 Å². The Morgan fingerprint density at radius 1 is 1.13 bits per heavy atom. The van der Waals surface area contributed by atoms with Gasteiger partial charge in [0.2, 0.25) is 0 Å². The van der Waals surface area contributed by atoms with E-state index in [-0.39, 0.29) is 5.91 Å². The van der Waals surface area contributed by atoms with Gasteiger partial charge in [-0.3, -0.25) is 4.79 Å². The number of carbonyl (C=O) groups is 1. The van der Waals surface area contributed by atoms with Crippen molar-refractivity contribution < 1.29 is 14.3 Å². The highest BCUT2D eigenvalue weighted by molar-refractivity contribution is 6.30. The molecule has 120 valence electrons. The van der Waals surface area contributed by atoms with Crippen LogP contribution in [-0.2, 0) is 0 Å². The average Bonchev–Trinajstić information content (AvgIpc) is 2.58. The van der Waals surface area contributed by atoms with Gasteiger partial charge in [0.05, 0.1) is 19.9 Å². The van der Waals surface area contributed by atoms with Gasteiger partial charge < -0.3 is 9.47 Å². The van der Waals surface area contributed by atoms with E-state index in [2.05, 4.69) is 10.5 Å². The normalized spacial score (nSPS) is 11.0. The van der Waals surface area contributed by atoms with Crippen LogP contribution in [-0.4, -0.2) is 25.8 Å².